The van der Waals surface area contributed by atoms with E-state index in [0.29, 0.717) is 18.2 Å². The van der Waals surface area contributed by atoms with Crippen LogP contribution < -0.4 is 5.73 Å². The second-order valence-corrected chi connectivity index (χ2v) is 6.80. The van der Waals surface area contributed by atoms with Gasteiger partial charge in [0.2, 0.25) is 10.0 Å². The minimum Gasteiger partial charge on any atom is -0.398 e. The number of benzene rings is 1. The summed E-state index contributed by atoms with van der Waals surface area (Å²) in [6, 6.07) is 6.91. The summed E-state index contributed by atoms with van der Waals surface area (Å²) < 4.78 is 26.6. The number of hydrogen-bond acceptors (Lipinski definition) is 3. The van der Waals surface area contributed by atoms with Gasteiger partial charge in [-0.15, -0.1) is 0 Å². The van der Waals surface area contributed by atoms with Crippen molar-refractivity contribution < 1.29 is 8.42 Å². The molecule has 2 bridgehead atoms. The van der Waals surface area contributed by atoms with Crippen molar-refractivity contribution in [3.8, 4) is 0 Å². The zero-order valence-corrected chi connectivity index (χ0v) is 10.4. The van der Waals surface area contributed by atoms with Crippen molar-refractivity contribution in [3.63, 3.8) is 0 Å². The first kappa shape index (κ1) is 11.0. The molecule has 1 aromatic rings. The summed E-state index contributed by atoms with van der Waals surface area (Å²) in [5.74, 6) is 0.555. The Balaban J connectivity index is 2.00. The number of nitrogens with two attached hydrogens (primary N) is 1. The smallest absolute Gasteiger partial charge is 0.245 e. The standard InChI is InChI=1S/C12H16N2O2S/c13-11-3-1-2-4-12(11)17(15,16)14-8-9-5-6-10(14)7-9/h1-4,9-10H,5-8,13H2. The molecule has 5 heteroatoms. The molecule has 2 aliphatic rings. The van der Waals surface area contributed by atoms with E-state index in [1.165, 1.54) is 6.42 Å². The maximum Gasteiger partial charge on any atom is 0.245 e. The lowest BCUT2D eigenvalue weighted by Crippen LogP contribution is -2.37. The highest BCUT2D eigenvalue weighted by Crippen LogP contribution is 2.41. The molecule has 2 atom stereocenters. The van der Waals surface area contributed by atoms with Gasteiger partial charge in [-0.05, 0) is 37.3 Å². The molecule has 1 saturated heterocycles. The number of para-hydroxylation sites is 1. The van der Waals surface area contributed by atoms with Crippen LogP contribution in [0.1, 0.15) is 19.3 Å². The molecule has 0 spiro atoms. The van der Waals surface area contributed by atoms with Crippen LogP contribution in [0.3, 0.4) is 0 Å². The minimum atomic E-state index is -3.39. The summed E-state index contributed by atoms with van der Waals surface area (Å²) in [6.45, 7) is 0.668. The zero-order chi connectivity index (χ0) is 12.0. The van der Waals surface area contributed by atoms with Gasteiger partial charge in [0.15, 0.2) is 0 Å². The first-order chi connectivity index (χ1) is 8.09. The molecule has 3 rings (SSSR count). The summed E-state index contributed by atoms with van der Waals surface area (Å²) in [4.78, 5) is 0.257. The van der Waals surface area contributed by atoms with E-state index in [1.807, 2.05) is 0 Å². The molecule has 1 saturated carbocycles. The average molecular weight is 252 g/mol. The fourth-order valence-electron chi connectivity index (χ4n) is 3.02. The quantitative estimate of drug-likeness (QED) is 0.810. The van der Waals surface area contributed by atoms with E-state index in [0.717, 1.165) is 12.8 Å². The Hall–Kier alpha value is -1.07. The molecule has 1 aliphatic heterocycles. The van der Waals surface area contributed by atoms with Crippen molar-refractivity contribution in [1.29, 1.82) is 0 Å². The van der Waals surface area contributed by atoms with Crippen molar-refractivity contribution in [2.24, 2.45) is 5.92 Å². The molecule has 4 nitrogen and oxygen atoms in total. The molecule has 1 heterocycles. The first-order valence-electron chi connectivity index (χ1n) is 5.95. The lowest BCUT2D eigenvalue weighted by molar-refractivity contribution is 0.333. The Morgan fingerprint density at radius 1 is 1.24 bits per heavy atom. The van der Waals surface area contributed by atoms with Crippen LogP contribution in [0.15, 0.2) is 29.2 Å². The van der Waals surface area contributed by atoms with Crippen LogP contribution in [0.25, 0.3) is 0 Å². The number of rotatable bonds is 2. The molecule has 2 fully saturated rings. The summed E-state index contributed by atoms with van der Waals surface area (Å²) in [7, 11) is -3.39. The maximum atomic E-state index is 12.5. The van der Waals surface area contributed by atoms with E-state index in [9.17, 15) is 8.42 Å². The molecular formula is C12H16N2O2S. The summed E-state index contributed by atoms with van der Waals surface area (Å²) in [5, 5.41) is 0. The molecule has 2 N–H and O–H groups in total. The van der Waals surface area contributed by atoms with Crippen molar-refractivity contribution in [3.05, 3.63) is 24.3 Å². The lowest BCUT2D eigenvalue weighted by Gasteiger charge is -2.26. The molecule has 2 unspecified atom stereocenters. The number of nitrogen functional groups attached to an aromatic ring is 1. The highest BCUT2D eigenvalue weighted by molar-refractivity contribution is 7.89. The van der Waals surface area contributed by atoms with E-state index in [4.69, 9.17) is 5.73 Å². The van der Waals surface area contributed by atoms with Gasteiger partial charge >= 0.3 is 0 Å². The van der Waals surface area contributed by atoms with E-state index >= 15 is 0 Å². The van der Waals surface area contributed by atoms with Gasteiger partial charge in [0.25, 0.3) is 0 Å². The second-order valence-electron chi connectivity index (χ2n) is 4.95. The Bertz CT molecular complexity index is 541. The first-order valence-corrected chi connectivity index (χ1v) is 7.39. The van der Waals surface area contributed by atoms with Gasteiger partial charge in [0.1, 0.15) is 4.90 Å². The van der Waals surface area contributed by atoms with Crippen molar-refractivity contribution in [2.75, 3.05) is 12.3 Å². The third-order valence-electron chi connectivity index (χ3n) is 3.86. The molecule has 0 amide bonds. The summed E-state index contributed by atoms with van der Waals surface area (Å²) >= 11 is 0. The predicted molar refractivity (Wildman–Crippen MR) is 65.9 cm³/mol. The largest absolute Gasteiger partial charge is 0.398 e. The van der Waals surface area contributed by atoms with Gasteiger partial charge in [-0.3, -0.25) is 0 Å². The Morgan fingerprint density at radius 2 is 2.00 bits per heavy atom. The maximum absolute atomic E-state index is 12.5. The molecule has 0 radical (unpaired) electrons. The SMILES string of the molecule is Nc1ccccc1S(=O)(=O)N1CC2CCC1C2. The van der Waals surface area contributed by atoms with Gasteiger partial charge < -0.3 is 5.73 Å². The fourth-order valence-corrected chi connectivity index (χ4v) is 4.88. The fraction of sp³-hybridized carbons (Fsp3) is 0.500. The molecular weight excluding hydrogens is 236 g/mol. The number of fused-ring (bicyclic) bond motifs is 2. The van der Waals surface area contributed by atoms with Crippen LogP contribution in [0.2, 0.25) is 0 Å². The highest BCUT2D eigenvalue weighted by Gasteiger charge is 2.44. The monoisotopic (exact) mass is 252 g/mol. The number of anilines is 1. The van der Waals surface area contributed by atoms with E-state index in [2.05, 4.69) is 0 Å². The Kier molecular flexibility index (Phi) is 2.41. The Labute approximate surface area is 101 Å². The number of hydrogen-bond donors (Lipinski definition) is 1. The molecule has 0 aromatic heterocycles. The molecule has 1 aromatic carbocycles. The molecule has 1 aliphatic carbocycles. The van der Waals surface area contributed by atoms with Crippen LogP contribution >= 0.6 is 0 Å². The minimum absolute atomic E-state index is 0.199. The number of sulfonamides is 1. The highest BCUT2D eigenvalue weighted by atomic mass is 32.2. The average Bonchev–Trinajstić information content (AvgIpc) is 2.91. The topological polar surface area (TPSA) is 63.4 Å². The van der Waals surface area contributed by atoms with Gasteiger partial charge in [-0.2, -0.15) is 4.31 Å². The molecule has 92 valence electrons. The third-order valence-corrected chi connectivity index (χ3v) is 5.86. The van der Waals surface area contributed by atoms with Gasteiger partial charge in [-0.25, -0.2) is 8.42 Å². The normalized spacial score (nSPS) is 28.7. The Morgan fingerprint density at radius 3 is 2.59 bits per heavy atom. The van der Waals surface area contributed by atoms with Crippen LogP contribution in [-0.4, -0.2) is 25.3 Å². The summed E-state index contributed by atoms with van der Waals surface area (Å²) in [6.07, 6.45) is 3.18. The third kappa shape index (κ3) is 1.65. The summed E-state index contributed by atoms with van der Waals surface area (Å²) in [5.41, 5.74) is 6.11. The van der Waals surface area contributed by atoms with Crippen LogP contribution in [0, 0.1) is 5.92 Å². The van der Waals surface area contributed by atoms with Crippen molar-refractivity contribution in [2.45, 2.75) is 30.2 Å². The van der Waals surface area contributed by atoms with E-state index < -0.39 is 10.0 Å². The lowest BCUT2D eigenvalue weighted by atomic mass is 10.1. The second kappa shape index (κ2) is 3.71. The predicted octanol–water partition coefficient (Wildman–Crippen LogP) is 1.44. The van der Waals surface area contributed by atoms with Gasteiger partial charge in [-0.1, -0.05) is 12.1 Å². The van der Waals surface area contributed by atoms with Crippen molar-refractivity contribution in [1.82, 2.24) is 4.31 Å². The number of piperidine rings is 1. The molecule has 17 heavy (non-hydrogen) atoms. The van der Waals surface area contributed by atoms with Crippen LogP contribution in [0.5, 0.6) is 0 Å². The van der Waals surface area contributed by atoms with Gasteiger partial charge in [0, 0.05) is 12.6 Å². The van der Waals surface area contributed by atoms with Crippen LogP contribution in [-0.2, 0) is 10.0 Å². The number of nitrogens with zero attached hydrogens (tertiary/aromatic N) is 1. The van der Waals surface area contributed by atoms with E-state index in [1.54, 1.807) is 28.6 Å². The van der Waals surface area contributed by atoms with Crippen LogP contribution in [0.4, 0.5) is 5.69 Å². The zero-order valence-electron chi connectivity index (χ0n) is 9.54. The van der Waals surface area contributed by atoms with Crippen molar-refractivity contribution >= 4 is 15.7 Å². The van der Waals surface area contributed by atoms with E-state index in [-0.39, 0.29) is 10.9 Å². The van der Waals surface area contributed by atoms with Gasteiger partial charge in [0.05, 0.1) is 5.69 Å².